The highest BCUT2D eigenvalue weighted by atomic mass is 16.3. The first-order chi connectivity index (χ1) is 6.20. The molecule has 4 nitrogen and oxygen atoms in total. The topological polar surface area (TPSA) is 58.3 Å². The van der Waals surface area contributed by atoms with E-state index in [1.54, 1.807) is 0 Å². The minimum atomic E-state index is -0.590. The monoisotopic (exact) mass is 180 g/mol. The zero-order valence-corrected chi connectivity index (χ0v) is 7.38. The molecule has 1 heterocycles. The van der Waals surface area contributed by atoms with Gasteiger partial charge in [0.25, 0.3) is 0 Å². The standard InChI is InChI=1S/C9H12N2O2/c1-11-7-5-2-4(6(7)3-10-11)8(12)9(5)13/h3-5,8-9,12-13H,2H2,1H3. The third-order valence-corrected chi connectivity index (χ3v) is 3.45. The van der Waals surface area contributed by atoms with Gasteiger partial charge in [-0.2, -0.15) is 5.10 Å². The van der Waals surface area contributed by atoms with Crippen molar-refractivity contribution in [3.63, 3.8) is 0 Å². The van der Waals surface area contributed by atoms with Gasteiger partial charge in [0.2, 0.25) is 0 Å². The van der Waals surface area contributed by atoms with Crippen LogP contribution < -0.4 is 0 Å². The molecule has 0 aromatic carbocycles. The Kier molecular flexibility index (Phi) is 1.24. The molecule has 1 saturated carbocycles. The molecule has 2 bridgehead atoms. The smallest absolute Gasteiger partial charge is 0.0888 e. The summed E-state index contributed by atoms with van der Waals surface area (Å²) in [6, 6.07) is 0. The average Bonchev–Trinajstić information content (AvgIpc) is 2.70. The lowest BCUT2D eigenvalue weighted by molar-refractivity contribution is 0.0205. The van der Waals surface area contributed by atoms with Gasteiger partial charge in [-0.25, -0.2) is 0 Å². The summed E-state index contributed by atoms with van der Waals surface area (Å²) < 4.78 is 1.81. The quantitative estimate of drug-likeness (QED) is 0.577. The summed E-state index contributed by atoms with van der Waals surface area (Å²) >= 11 is 0. The number of fused-ring (bicyclic) bond motifs is 5. The molecule has 1 fully saturated rings. The minimum Gasteiger partial charge on any atom is -0.390 e. The Morgan fingerprint density at radius 1 is 1.38 bits per heavy atom. The van der Waals surface area contributed by atoms with Crippen LogP contribution in [0.5, 0.6) is 0 Å². The number of aliphatic hydroxyl groups excluding tert-OH is 2. The minimum absolute atomic E-state index is 0.0995. The fourth-order valence-corrected chi connectivity index (χ4v) is 2.82. The first kappa shape index (κ1) is 7.53. The number of aromatic nitrogens is 2. The Labute approximate surface area is 75.8 Å². The molecular formula is C9H12N2O2. The van der Waals surface area contributed by atoms with Gasteiger partial charge in [-0.3, -0.25) is 4.68 Å². The van der Waals surface area contributed by atoms with Gasteiger partial charge in [0, 0.05) is 24.6 Å². The summed E-state index contributed by atoms with van der Waals surface area (Å²) in [5.74, 6) is 0.214. The summed E-state index contributed by atoms with van der Waals surface area (Å²) in [6.45, 7) is 0. The van der Waals surface area contributed by atoms with E-state index in [4.69, 9.17) is 0 Å². The maximum atomic E-state index is 9.69. The third kappa shape index (κ3) is 0.711. The van der Waals surface area contributed by atoms with E-state index in [0.29, 0.717) is 0 Å². The van der Waals surface area contributed by atoms with Crippen molar-refractivity contribution in [1.29, 1.82) is 0 Å². The fourth-order valence-electron chi connectivity index (χ4n) is 2.82. The molecule has 0 amide bonds. The Morgan fingerprint density at radius 3 is 2.85 bits per heavy atom. The maximum Gasteiger partial charge on any atom is 0.0888 e. The molecule has 4 heteroatoms. The number of aryl methyl sites for hydroxylation is 1. The molecular weight excluding hydrogens is 168 g/mol. The van der Waals surface area contributed by atoms with Crippen LogP contribution in [-0.4, -0.2) is 32.2 Å². The van der Waals surface area contributed by atoms with Crippen LogP contribution in [0.1, 0.15) is 29.5 Å². The van der Waals surface area contributed by atoms with Crippen molar-refractivity contribution in [2.24, 2.45) is 7.05 Å². The van der Waals surface area contributed by atoms with Crippen LogP contribution in [0.2, 0.25) is 0 Å². The van der Waals surface area contributed by atoms with E-state index in [2.05, 4.69) is 5.10 Å². The summed E-state index contributed by atoms with van der Waals surface area (Å²) in [7, 11) is 1.89. The van der Waals surface area contributed by atoms with Crippen LogP contribution in [-0.2, 0) is 7.05 Å². The molecule has 70 valence electrons. The summed E-state index contributed by atoms with van der Waals surface area (Å²) in [5, 5.41) is 23.5. The molecule has 1 aromatic heterocycles. The Hall–Kier alpha value is -0.870. The number of hydrogen-bond donors (Lipinski definition) is 2. The fraction of sp³-hybridized carbons (Fsp3) is 0.667. The van der Waals surface area contributed by atoms with E-state index in [9.17, 15) is 10.2 Å². The van der Waals surface area contributed by atoms with Gasteiger partial charge >= 0.3 is 0 Å². The predicted octanol–water partition coefficient (Wildman–Crippen LogP) is -0.274. The van der Waals surface area contributed by atoms with Crippen LogP contribution in [0.25, 0.3) is 0 Å². The summed E-state index contributed by atoms with van der Waals surface area (Å²) in [5.41, 5.74) is 2.24. The molecule has 4 unspecified atom stereocenters. The zero-order chi connectivity index (χ0) is 9.16. The van der Waals surface area contributed by atoms with Crippen molar-refractivity contribution in [1.82, 2.24) is 9.78 Å². The highest BCUT2D eigenvalue weighted by molar-refractivity contribution is 5.39. The van der Waals surface area contributed by atoms with E-state index < -0.39 is 12.2 Å². The predicted molar refractivity (Wildman–Crippen MR) is 45.3 cm³/mol. The second-order valence-corrected chi connectivity index (χ2v) is 4.04. The van der Waals surface area contributed by atoms with Gasteiger partial charge in [-0.1, -0.05) is 0 Å². The molecule has 0 radical (unpaired) electrons. The van der Waals surface area contributed by atoms with Crippen LogP contribution in [0.15, 0.2) is 6.20 Å². The van der Waals surface area contributed by atoms with E-state index in [1.165, 1.54) is 0 Å². The summed E-state index contributed by atoms with van der Waals surface area (Å²) in [4.78, 5) is 0. The van der Waals surface area contributed by atoms with Gasteiger partial charge in [-0.15, -0.1) is 0 Å². The van der Waals surface area contributed by atoms with E-state index in [-0.39, 0.29) is 11.8 Å². The van der Waals surface area contributed by atoms with Crippen molar-refractivity contribution < 1.29 is 10.2 Å². The number of nitrogens with zero attached hydrogens (tertiary/aromatic N) is 2. The second-order valence-electron chi connectivity index (χ2n) is 4.04. The van der Waals surface area contributed by atoms with Gasteiger partial charge < -0.3 is 10.2 Å². The summed E-state index contributed by atoms with van der Waals surface area (Å²) in [6.07, 6.45) is 1.52. The van der Waals surface area contributed by atoms with Crippen LogP contribution in [0.4, 0.5) is 0 Å². The third-order valence-electron chi connectivity index (χ3n) is 3.45. The first-order valence-corrected chi connectivity index (χ1v) is 4.58. The Balaban J connectivity index is 2.18. The van der Waals surface area contributed by atoms with Gasteiger partial charge in [0.15, 0.2) is 0 Å². The lowest BCUT2D eigenvalue weighted by Crippen LogP contribution is -2.31. The molecule has 3 rings (SSSR count). The number of aliphatic hydroxyl groups is 2. The molecule has 2 N–H and O–H groups in total. The van der Waals surface area contributed by atoms with Crippen molar-refractivity contribution in [2.45, 2.75) is 30.5 Å². The first-order valence-electron chi connectivity index (χ1n) is 4.58. The van der Waals surface area contributed by atoms with Gasteiger partial charge in [0.05, 0.1) is 18.4 Å². The van der Waals surface area contributed by atoms with Gasteiger partial charge in [0.1, 0.15) is 0 Å². The highest BCUT2D eigenvalue weighted by Crippen LogP contribution is 2.52. The number of hydrogen-bond acceptors (Lipinski definition) is 3. The molecule has 4 atom stereocenters. The molecule has 2 aliphatic carbocycles. The molecule has 13 heavy (non-hydrogen) atoms. The molecule has 2 aliphatic rings. The second kappa shape index (κ2) is 2.13. The van der Waals surface area contributed by atoms with Crippen LogP contribution >= 0.6 is 0 Å². The van der Waals surface area contributed by atoms with E-state index >= 15 is 0 Å². The lowest BCUT2D eigenvalue weighted by Gasteiger charge is -2.22. The SMILES string of the molecule is Cn1ncc2c1C1CC2C(O)C1O. The number of rotatable bonds is 0. The maximum absolute atomic E-state index is 9.69. The van der Waals surface area contributed by atoms with Gasteiger partial charge in [-0.05, 0) is 12.0 Å². The molecule has 0 spiro atoms. The zero-order valence-electron chi connectivity index (χ0n) is 7.38. The Bertz CT molecular complexity index is 360. The van der Waals surface area contributed by atoms with Crippen molar-refractivity contribution in [3.8, 4) is 0 Å². The van der Waals surface area contributed by atoms with Crippen molar-refractivity contribution in [2.75, 3.05) is 0 Å². The highest BCUT2D eigenvalue weighted by Gasteiger charge is 2.51. The largest absolute Gasteiger partial charge is 0.390 e. The van der Waals surface area contributed by atoms with Crippen LogP contribution in [0.3, 0.4) is 0 Å². The van der Waals surface area contributed by atoms with E-state index in [1.807, 2.05) is 17.9 Å². The van der Waals surface area contributed by atoms with Crippen LogP contribution in [0, 0.1) is 0 Å². The average molecular weight is 180 g/mol. The normalized spacial score (nSPS) is 41.2. The molecule has 1 aromatic rings. The Morgan fingerprint density at radius 2 is 2.08 bits per heavy atom. The lowest BCUT2D eigenvalue weighted by atomic mass is 9.93. The van der Waals surface area contributed by atoms with Crippen molar-refractivity contribution in [3.05, 3.63) is 17.5 Å². The molecule has 0 saturated heterocycles. The van der Waals surface area contributed by atoms with E-state index in [0.717, 1.165) is 17.7 Å². The molecule has 0 aliphatic heterocycles. The van der Waals surface area contributed by atoms with Crippen molar-refractivity contribution >= 4 is 0 Å².